The second kappa shape index (κ2) is 7.25. The summed E-state index contributed by atoms with van der Waals surface area (Å²) in [6, 6.07) is 5.64. The van der Waals surface area contributed by atoms with E-state index in [1.165, 1.54) is 6.42 Å². The van der Waals surface area contributed by atoms with Gasteiger partial charge in [-0.15, -0.1) is 0 Å². The average Bonchev–Trinajstić information content (AvgIpc) is 2.41. The molecule has 1 fully saturated rings. The summed E-state index contributed by atoms with van der Waals surface area (Å²) >= 11 is 0. The zero-order valence-electron chi connectivity index (χ0n) is 10.0. The van der Waals surface area contributed by atoms with Crippen molar-refractivity contribution in [3.63, 3.8) is 0 Å². The molecular weight excluding hydrogens is 218 g/mol. The molecule has 0 radical (unpaired) electrons. The third kappa shape index (κ3) is 4.71. The van der Waals surface area contributed by atoms with Gasteiger partial charge in [0, 0.05) is 25.3 Å². The highest BCUT2D eigenvalue weighted by Gasteiger charge is 2.13. The molecule has 2 rings (SSSR count). The van der Waals surface area contributed by atoms with E-state index in [0.717, 1.165) is 25.9 Å². The van der Waals surface area contributed by atoms with Crippen LogP contribution in [0, 0.1) is 0 Å². The molecule has 1 unspecified atom stereocenters. The molecule has 1 aromatic rings. The summed E-state index contributed by atoms with van der Waals surface area (Å²) in [6.45, 7) is 2.14. The zero-order chi connectivity index (χ0) is 11.8. The molecule has 0 N–H and O–H groups in total. The Morgan fingerprint density at radius 2 is 2.29 bits per heavy atom. The first kappa shape index (κ1) is 12.3. The fourth-order valence-electron chi connectivity index (χ4n) is 1.73. The third-order valence-electron chi connectivity index (χ3n) is 2.62. The number of rotatable bonds is 6. The van der Waals surface area contributed by atoms with E-state index in [4.69, 9.17) is 14.2 Å². The molecule has 1 aromatic heterocycles. The van der Waals surface area contributed by atoms with Crippen LogP contribution in [0.5, 0.6) is 5.88 Å². The van der Waals surface area contributed by atoms with Crippen molar-refractivity contribution in [2.45, 2.75) is 32.0 Å². The molecule has 17 heavy (non-hydrogen) atoms. The zero-order valence-corrected chi connectivity index (χ0v) is 10.0. The fraction of sp³-hybridized carbons (Fsp3) is 0.615. The lowest BCUT2D eigenvalue weighted by molar-refractivity contribution is -0.163. The first-order valence-corrected chi connectivity index (χ1v) is 6.22. The van der Waals surface area contributed by atoms with E-state index < -0.39 is 0 Å². The predicted octanol–water partition coefficient (Wildman–Crippen LogP) is 2.39. The molecule has 94 valence electrons. The Morgan fingerprint density at radius 3 is 3.06 bits per heavy atom. The molecular formula is C13H19NO3. The Morgan fingerprint density at radius 1 is 1.29 bits per heavy atom. The standard InChI is InChI=1S/C13H19NO3/c1-3-8-14-12(6-1)15-10-5-11-17-13-7-2-4-9-16-13/h1,3,6,8,13H,2,4-5,7,9-11H2. The van der Waals surface area contributed by atoms with Crippen LogP contribution < -0.4 is 4.74 Å². The molecule has 1 aliphatic rings. The van der Waals surface area contributed by atoms with E-state index in [2.05, 4.69) is 4.98 Å². The summed E-state index contributed by atoms with van der Waals surface area (Å²) in [5.41, 5.74) is 0. The number of aromatic nitrogens is 1. The Balaban J connectivity index is 1.51. The quantitative estimate of drug-likeness (QED) is 0.712. The Hall–Kier alpha value is -1.13. The van der Waals surface area contributed by atoms with E-state index in [-0.39, 0.29) is 6.29 Å². The summed E-state index contributed by atoms with van der Waals surface area (Å²) in [5.74, 6) is 0.668. The highest BCUT2D eigenvalue weighted by Crippen LogP contribution is 2.13. The Kier molecular flexibility index (Phi) is 5.26. The largest absolute Gasteiger partial charge is 0.478 e. The van der Waals surface area contributed by atoms with Gasteiger partial charge in [-0.2, -0.15) is 0 Å². The van der Waals surface area contributed by atoms with Crippen molar-refractivity contribution in [2.75, 3.05) is 19.8 Å². The summed E-state index contributed by atoms with van der Waals surface area (Å²) in [6.07, 6.45) is 5.95. The van der Waals surface area contributed by atoms with Gasteiger partial charge in [-0.05, 0) is 25.3 Å². The van der Waals surface area contributed by atoms with Crippen LogP contribution in [0.4, 0.5) is 0 Å². The maximum absolute atomic E-state index is 5.60. The molecule has 0 saturated carbocycles. The van der Waals surface area contributed by atoms with Gasteiger partial charge in [0.15, 0.2) is 6.29 Å². The molecule has 0 amide bonds. The van der Waals surface area contributed by atoms with Crippen molar-refractivity contribution >= 4 is 0 Å². The highest BCUT2D eigenvalue weighted by molar-refractivity contribution is 5.08. The number of hydrogen-bond acceptors (Lipinski definition) is 4. The van der Waals surface area contributed by atoms with Gasteiger partial charge in [0.1, 0.15) is 0 Å². The molecule has 0 bridgehead atoms. The Bertz CT molecular complexity index is 299. The molecule has 0 spiro atoms. The smallest absolute Gasteiger partial charge is 0.213 e. The SMILES string of the molecule is c1ccc(OCCCOC2CCCCO2)nc1. The van der Waals surface area contributed by atoms with Crippen LogP contribution >= 0.6 is 0 Å². The second-order valence-corrected chi connectivity index (χ2v) is 4.04. The van der Waals surface area contributed by atoms with E-state index in [1.807, 2.05) is 18.2 Å². The molecule has 4 nitrogen and oxygen atoms in total. The van der Waals surface area contributed by atoms with Gasteiger partial charge in [0.25, 0.3) is 0 Å². The van der Waals surface area contributed by atoms with Crippen molar-refractivity contribution in [2.24, 2.45) is 0 Å². The van der Waals surface area contributed by atoms with Gasteiger partial charge < -0.3 is 14.2 Å². The van der Waals surface area contributed by atoms with Crippen LogP contribution in [0.25, 0.3) is 0 Å². The van der Waals surface area contributed by atoms with Gasteiger partial charge in [-0.1, -0.05) is 6.07 Å². The van der Waals surface area contributed by atoms with Gasteiger partial charge in [0.05, 0.1) is 13.2 Å². The first-order chi connectivity index (χ1) is 8.45. The summed E-state index contributed by atoms with van der Waals surface area (Å²) in [4.78, 5) is 4.08. The number of ether oxygens (including phenoxy) is 3. The van der Waals surface area contributed by atoms with Crippen molar-refractivity contribution in [3.05, 3.63) is 24.4 Å². The minimum absolute atomic E-state index is 0.00130. The summed E-state index contributed by atoms with van der Waals surface area (Å²) in [5, 5.41) is 0. The number of hydrogen-bond donors (Lipinski definition) is 0. The molecule has 1 atom stereocenters. The van der Waals surface area contributed by atoms with E-state index in [0.29, 0.717) is 19.1 Å². The van der Waals surface area contributed by atoms with Crippen molar-refractivity contribution in [3.8, 4) is 5.88 Å². The van der Waals surface area contributed by atoms with E-state index in [9.17, 15) is 0 Å². The minimum Gasteiger partial charge on any atom is -0.478 e. The lowest BCUT2D eigenvalue weighted by atomic mass is 10.2. The van der Waals surface area contributed by atoms with Crippen molar-refractivity contribution < 1.29 is 14.2 Å². The van der Waals surface area contributed by atoms with E-state index in [1.54, 1.807) is 6.20 Å². The minimum atomic E-state index is -0.00130. The molecule has 0 aromatic carbocycles. The van der Waals surface area contributed by atoms with Crippen LogP contribution in [0.3, 0.4) is 0 Å². The topological polar surface area (TPSA) is 40.6 Å². The van der Waals surface area contributed by atoms with Crippen LogP contribution in [0.15, 0.2) is 24.4 Å². The first-order valence-electron chi connectivity index (χ1n) is 6.22. The lowest BCUT2D eigenvalue weighted by Crippen LogP contribution is -2.23. The molecule has 1 saturated heterocycles. The van der Waals surface area contributed by atoms with Crippen LogP contribution in [-0.4, -0.2) is 31.1 Å². The molecule has 4 heteroatoms. The summed E-state index contributed by atoms with van der Waals surface area (Å²) in [7, 11) is 0. The monoisotopic (exact) mass is 237 g/mol. The van der Waals surface area contributed by atoms with Crippen LogP contribution in [0.1, 0.15) is 25.7 Å². The highest BCUT2D eigenvalue weighted by atomic mass is 16.7. The van der Waals surface area contributed by atoms with Gasteiger partial charge >= 0.3 is 0 Å². The third-order valence-corrected chi connectivity index (χ3v) is 2.62. The maximum Gasteiger partial charge on any atom is 0.213 e. The van der Waals surface area contributed by atoms with Gasteiger partial charge in [-0.3, -0.25) is 0 Å². The second-order valence-electron chi connectivity index (χ2n) is 4.04. The maximum atomic E-state index is 5.60. The predicted molar refractivity (Wildman–Crippen MR) is 63.9 cm³/mol. The van der Waals surface area contributed by atoms with Crippen molar-refractivity contribution in [1.29, 1.82) is 0 Å². The number of nitrogens with zero attached hydrogens (tertiary/aromatic N) is 1. The van der Waals surface area contributed by atoms with Crippen LogP contribution in [0.2, 0.25) is 0 Å². The molecule has 2 heterocycles. The van der Waals surface area contributed by atoms with Crippen molar-refractivity contribution in [1.82, 2.24) is 4.98 Å². The van der Waals surface area contributed by atoms with E-state index >= 15 is 0 Å². The molecule has 1 aliphatic heterocycles. The van der Waals surface area contributed by atoms with Gasteiger partial charge in [-0.25, -0.2) is 4.98 Å². The normalized spacial score (nSPS) is 20.1. The lowest BCUT2D eigenvalue weighted by Gasteiger charge is -2.22. The molecule has 0 aliphatic carbocycles. The fourth-order valence-corrected chi connectivity index (χ4v) is 1.73. The van der Waals surface area contributed by atoms with Crippen LogP contribution in [-0.2, 0) is 9.47 Å². The average molecular weight is 237 g/mol. The Labute approximate surface area is 102 Å². The summed E-state index contributed by atoms with van der Waals surface area (Å²) < 4.78 is 16.5. The van der Waals surface area contributed by atoms with Gasteiger partial charge in [0.2, 0.25) is 5.88 Å². The number of pyridine rings is 1.